The molecule has 0 spiro atoms. The number of phosphoric ester groups is 1. The van der Waals surface area contributed by atoms with Gasteiger partial charge < -0.3 is 28.8 Å². The third-order valence-corrected chi connectivity index (χ3v) is 9.41. The normalized spacial score (nSPS) is 15.3. The number of hydrogen-bond acceptors (Lipinski definition) is 6. The molecule has 1 unspecified atom stereocenters. The van der Waals surface area contributed by atoms with E-state index >= 15 is 0 Å². The minimum atomic E-state index is -4.61. The van der Waals surface area contributed by atoms with Crippen molar-refractivity contribution in [3.63, 3.8) is 0 Å². The first kappa shape index (κ1) is 49.9. The number of carbonyl (C=O) groups is 1. The molecule has 9 heteroatoms. The zero-order valence-electron chi connectivity index (χ0n) is 33.7. The lowest BCUT2D eigenvalue weighted by Crippen LogP contribution is -2.45. The molecule has 0 radical (unpaired) electrons. The molecule has 1 amide bonds. The maximum absolute atomic E-state index is 12.7. The van der Waals surface area contributed by atoms with Crippen LogP contribution in [-0.4, -0.2) is 68.5 Å². The average molecular weight is 749 g/mol. The molecule has 0 saturated carbocycles. The first-order chi connectivity index (χ1) is 25.0. The summed E-state index contributed by atoms with van der Waals surface area (Å²) in [5.74, 6) is -0.275. The summed E-state index contributed by atoms with van der Waals surface area (Å²) in [6.45, 7) is 4.48. The van der Waals surface area contributed by atoms with Gasteiger partial charge in [0.1, 0.15) is 13.2 Å². The largest absolute Gasteiger partial charge is 0.756 e. The summed E-state index contributed by atoms with van der Waals surface area (Å²) in [7, 11) is 1.18. The van der Waals surface area contributed by atoms with Crippen LogP contribution in [0.3, 0.4) is 0 Å². The molecule has 0 aromatic carbocycles. The Bertz CT molecular complexity index is 1080. The van der Waals surface area contributed by atoms with Crippen LogP contribution in [0.25, 0.3) is 0 Å². The molecule has 0 aliphatic heterocycles. The fraction of sp³-hybridized carbons (Fsp3) is 0.698. The maximum atomic E-state index is 12.7. The maximum Gasteiger partial charge on any atom is 0.268 e. The van der Waals surface area contributed by atoms with Crippen molar-refractivity contribution in [2.75, 3.05) is 40.9 Å². The quantitative estimate of drug-likeness (QED) is 0.0220. The number of hydrogen-bond donors (Lipinski definition) is 2. The van der Waals surface area contributed by atoms with E-state index in [9.17, 15) is 19.4 Å². The van der Waals surface area contributed by atoms with Crippen molar-refractivity contribution in [2.24, 2.45) is 0 Å². The second-order valence-electron chi connectivity index (χ2n) is 14.7. The summed E-state index contributed by atoms with van der Waals surface area (Å²) >= 11 is 0. The lowest BCUT2D eigenvalue weighted by atomic mass is 10.1. The van der Waals surface area contributed by atoms with Gasteiger partial charge >= 0.3 is 0 Å². The number of amides is 1. The van der Waals surface area contributed by atoms with E-state index in [-0.39, 0.29) is 18.9 Å². The summed E-state index contributed by atoms with van der Waals surface area (Å²) in [6, 6.07) is -0.948. The average Bonchev–Trinajstić information content (AvgIpc) is 3.09. The van der Waals surface area contributed by atoms with Crippen molar-refractivity contribution in [3.8, 4) is 0 Å². The van der Waals surface area contributed by atoms with Crippen LogP contribution in [0.1, 0.15) is 142 Å². The van der Waals surface area contributed by atoms with E-state index in [1.54, 1.807) is 6.08 Å². The van der Waals surface area contributed by atoms with Crippen molar-refractivity contribution in [1.29, 1.82) is 0 Å². The molecule has 0 aromatic heterocycles. The third kappa shape index (κ3) is 36.3. The SMILES string of the molecule is CCCCCCC/C=C/C=C/[C@@H](O)[C@H](COP(=O)([O-])OCC[N+](C)(C)C)NC(=O)CCC/C=C/C/C=C/C/C=C/C/C=C/CCCCCCCCC. The van der Waals surface area contributed by atoms with E-state index in [4.69, 9.17) is 9.05 Å². The summed E-state index contributed by atoms with van der Waals surface area (Å²) in [4.78, 5) is 25.1. The minimum Gasteiger partial charge on any atom is -0.756 e. The monoisotopic (exact) mass is 749 g/mol. The second kappa shape index (κ2) is 34.7. The fourth-order valence-electron chi connectivity index (χ4n) is 5.14. The van der Waals surface area contributed by atoms with Gasteiger partial charge in [0, 0.05) is 6.42 Å². The van der Waals surface area contributed by atoms with Crippen LogP contribution >= 0.6 is 7.82 Å². The first-order valence-electron chi connectivity index (χ1n) is 20.3. The number of nitrogens with zero attached hydrogens (tertiary/aromatic N) is 1. The molecule has 0 heterocycles. The van der Waals surface area contributed by atoms with Crippen LogP contribution in [0.2, 0.25) is 0 Å². The van der Waals surface area contributed by atoms with E-state index in [0.29, 0.717) is 17.4 Å². The molecule has 0 rings (SSSR count). The third-order valence-electron chi connectivity index (χ3n) is 8.44. The lowest BCUT2D eigenvalue weighted by Gasteiger charge is -2.29. The highest BCUT2D eigenvalue weighted by molar-refractivity contribution is 7.45. The molecule has 0 aliphatic rings. The van der Waals surface area contributed by atoms with Gasteiger partial charge in [0.15, 0.2) is 0 Å². The molecule has 0 fully saturated rings. The number of carbonyl (C=O) groups excluding carboxylic acids is 1. The van der Waals surface area contributed by atoms with Crippen molar-refractivity contribution in [2.45, 2.75) is 154 Å². The van der Waals surface area contributed by atoms with E-state index in [0.717, 1.165) is 38.5 Å². The first-order valence-corrected chi connectivity index (χ1v) is 21.8. The predicted molar refractivity (Wildman–Crippen MR) is 219 cm³/mol. The number of phosphoric acid groups is 1. The topological polar surface area (TPSA) is 108 Å². The molecule has 3 atom stereocenters. The Labute approximate surface area is 319 Å². The molecular weight excluding hydrogens is 671 g/mol. The van der Waals surface area contributed by atoms with Gasteiger partial charge in [-0.1, -0.05) is 151 Å². The van der Waals surface area contributed by atoms with E-state index in [2.05, 4.69) is 67.8 Å². The lowest BCUT2D eigenvalue weighted by molar-refractivity contribution is -0.870. The van der Waals surface area contributed by atoms with Gasteiger partial charge in [0.25, 0.3) is 7.82 Å². The molecular formula is C43H77N2O6P. The Kier molecular flexibility index (Phi) is 33.3. The van der Waals surface area contributed by atoms with E-state index < -0.39 is 26.6 Å². The van der Waals surface area contributed by atoms with Gasteiger partial charge in [-0.05, 0) is 57.8 Å². The number of rotatable bonds is 35. The van der Waals surface area contributed by atoms with Gasteiger partial charge in [-0.2, -0.15) is 0 Å². The van der Waals surface area contributed by atoms with Crippen LogP contribution in [0, 0.1) is 0 Å². The van der Waals surface area contributed by atoms with Crippen LogP contribution in [0.5, 0.6) is 0 Å². The molecule has 0 saturated heterocycles. The van der Waals surface area contributed by atoms with E-state index in [1.807, 2.05) is 33.3 Å². The van der Waals surface area contributed by atoms with Crippen LogP contribution in [0.4, 0.5) is 0 Å². The van der Waals surface area contributed by atoms with Crippen LogP contribution in [-0.2, 0) is 18.4 Å². The van der Waals surface area contributed by atoms with Gasteiger partial charge in [0.05, 0.1) is 39.9 Å². The van der Waals surface area contributed by atoms with Crippen molar-refractivity contribution in [1.82, 2.24) is 5.32 Å². The van der Waals surface area contributed by atoms with Gasteiger partial charge in [-0.25, -0.2) is 0 Å². The number of allylic oxidation sites excluding steroid dienone is 11. The van der Waals surface area contributed by atoms with Crippen molar-refractivity contribution < 1.29 is 32.9 Å². The number of unbranched alkanes of at least 4 members (excludes halogenated alkanes) is 13. The Morgan fingerprint density at radius 3 is 1.71 bits per heavy atom. The highest BCUT2D eigenvalue weighted by Gasteiger charge is 2.23. The smallest absolute Gasteiger partial charge is 0.268 e. The number of quaternary nitrogens is 1. The molecule has 300 valence electrons. The summed E-state index contributed by atoms with van der Waals surface area (Å²) < 4.78 is 23.0. The Balaban J connectivity index is 4.54. The summed E-state index contributed by atoms with van der Waals surface area (Å²) in [5, 5.41) is 13.6. The molecule has 2 N–H and O–H groups in total. The minimum absolute atomic E-state index is 0.0232. The van der Waals surface area contributed by atoms with Crippen LogP contribution in [0.15, 0.2) is 72.9 Å². The second-order valence-corrected chi connectivity index (χ2v) is 16.1. The number of aliphatic hydroxyl groups is 1. The van der Waals surface area contributed by atoms with Crippen molar-refractivity contribution in [3.05, 3.63) is 72.9 Å². The van der Waals surface area contributed by atoms with Gasteiger partial charge in [0.2, 0.25) is 5.91 Å². The molecule has 8 nitrogen and oxygen atoms in total. The Hall–Kier alpha value is -2.06. The van der Waals surface area contributed by atoms with E-state index in [1.165, 1.54) is 83.1 Å². The molecule has 0 aliphatic carbocycles. The fourth-order valence-corrected chi connectivity index (χ4v) is 5.86. The van der Waals surface area contributed by atoms with Gasteiger partial charge in [-0.3, -0.25) is 9.36 Å². The summed E-state index contributed by atoms with van der Waals surface area (Å²) in [6.07, 6.45) is 45.5. The number of likely N-dealkylation sites (N-methyl/N-ethyl adjacent to an activating group) is 1. The zero-order valence-corrected chi connectivity index (χ0v) is 34.6. The number of nitrogens with one attached hydrogen (secondary N) is 1. The molecule has 0 aromatic rings. The highest BCUT2D eigenvalue weighted by atomic mass is 31.2. The number of aliphatic hydroxyl groups excluding tert-OH is 1. The van der Waals surface area contributed by atoms with Crippen LogP contribution < -0.4 is 10.2 Å². The molecule has 0 bridgehead atoms. The summed E-state index contributed by atoms with van der Waals surface area (Å²) in [5.41, 5.74) is 0. The van der Waals surface area contributed by atoms with Crippen molar-refractivity contribution >= 4 is 13.7 Å². The standard InChI is InChI=1S/C43H77N2O6P/c1-6-8-10-12-14-16-17-18-19-20-21-22-23-24-25-26-27-29-31-33-35-37-43(47)44-41(40-51-52(48,49)50-39-38-45(3,4)5)42(46)36-34-32-30-28-15-13-11-9-7-2/h19-20,22-23,25-26,29-32,34,36,41-42,46H,6-18,21,24,27-28,33,35,37-40H2,1-5H3,(H-,44,47,48,49)/b20-19+,23-22+,26-25+,31-29+,32-30+,36-34+/t41-,42+/m0/s1. The molecule has 52 heavy (non-hydrogen) atoms. The Morgan fingerprint density at radius 1 is 0.692 bits per heavy atom. The Morgan fingerprint density at radius 2 is 1.17 bits per heavy atom. The van der Waals surface area contributed by atoms with Gasteiger partial charge in [-0.15, -0.1) is 0 Å². The highest BCUT2D eigenvalue weighted by Crippen LogP contribution is 2.38. The zero-order chi connectivity index (χ0) is 38.6. The predicted octanol–water partition coefficient (Wildman–Crippen LogP) is 10.2.